The molecule has 2 aliphatic rings. The normalized spacial score (nSPS) is 20.6. The molecular weight excluding hydrogens is 302 g/mol. The fraction of sp³-hybridized carbons (Fsp3) is 0.611. The Kier molecular flexibility index (Phi) is 4.22. The minimum Gasteiger partial charge on any atom is -0.297 e. The van der Waals surface area contributed by atoms with Crippen molar-refractivity contribution in [2.45, 2.75) is 58.2 Å². The minimum atomic E-state index is 0.0604. The summed E-state index contributed by atoms with van der Waals surface area (Å²) >= 11 is 0. The summed E-state index contributed by atoms with van der Waals surface area (Å²) in [5.74, 6) is 0. The SMILES string of the molecule is Cc1cnn(CCN2CCCC2Cn2nc3c(cc2=O)CCC3)c1. The molecule has 2 aromatic heterocycles. The maximum absolute atomic E-state index is 12.3. The minimum absolute atomic E-state index is 0.0604. The Labute approximate surface area is 142 Å². The van der Waals surface area contributed by atoms with Gasteiger partial charge in [0.2, 0.25) is 0 Å². The van der Waals surface area contributed by atoms with Crippen LogP contribution in [0.5, 0.6) is 0 Å². The molecule has 0 radical (unpaired) electrons. The van der Waals surface area contributed by atoms with Crippen LogP contribution in [0.25, 0.3) is 0 Å². The van der Waals surface area contributed by atoms with Crippen LogP contribution in [-0.4, -0.2) is 43.6 Å². The van der Waals surface area contributed by atoms with Crippen LogP contribution in [0, 0.1) is 6.92 Å². The summed E-state index contributed by atoms with van der Waals surface area (Å²) in [6.07, 6.45) is 9.48. The van der Waals surface area contributed by atoms with Gasteiger partial charge in [0, 0.05) is 24.8 Å². The van der Waals surface area contributed by atoms with Gasteiger partial charge >= 0.3 is 0 Å². The zero-order valence-electron chi connectivity index (χ0n) is 14.3. The first-order chi connectivity index (χ1) is 11.7. The fourth-order valence-corrected chi connectivity index (χ4v) is 3.99. The lowest BCUT2D eigenvalue weighted by Crippen LogP contribution is -2.38. The van der Waals surface area contributed by atoms with E-state index in [1.165, 1.54) is 12.0 Å². The van der Waals surface area contributed by atoms with Crippen LogP contribution >= 0.6 is 0 Å². The predicted molar refractivity (Wildman–Crippen MR) is 92.1 cm³/mol. The molecule has 4 rings (SSSR count). The van der Waals surface area contributed by atoms with Crippen LogP contribution in [0.2, 0.25) is 0 Å². The van der Waals surface area contributed by atoms with Gasteiger partial charge in [-0.05, 0) is 56.7 Å². The second kappa shape index (κ2) is 6.51. The summed E-state index contributed by atoms with van der Waals surface area (Å²) in [5, 5.41) is 8.99. The van der Waals surface area contributed by atoms with Gasteiger partial charge in [0.25, 0.3) is 5.56 Å². The number of hydrogen-bond donors (Lipinski definition) is 0. The first-order valence-corrected chi connectivity index (χ1v) is 9.02. The fourth-order valence-electron chi connectivity index (χ4n) is 3.99. The van der Waals surface area contributed by atoms with Crippen molar-refractivity contribution in [2.75, 3.05) is 13.1 Å². The van der Waals surface area contributed by atoms with Gasteiger partial charge in [0.1, 0.15) is 0 Å². The third-order valence-electron chi connectivity index (χ3n) is 5.29. The average molecular weight is 327 g/mol. The number of rotatable bonds is 5. The molecule has 6 heteroatoms. The molecule has 2 aromatic rings. The Hall–Kier alpha value is -1.95. The van der Waals surface area contributed by atoms with Crippen LogP contribution in [-0.2, 0) is 25.9 Å². The Morgan fingerprint density at radius 1 is 1.25 bits per heavy atom. The van der Waals surface area contributed by atoms with Crippen LogP contribution < -0.4 is 5.56 Å². The third kappa shape index (κ3) is 3.15. The number of aryl methyl sites for hydroxylation is 3. The first kappa shape index (κ1) is 15.6. The molecule has 0 aromatic carbocycles. The van der Waals surface area contributed by atoms with E-state index in [9.17, 15) is 4.79 Å². The Morgan fingerprint density at radius 3 is 3.00 bits per heavy atom. The summed E-state index contributed by atoms with van der Waals surface area (Å²) in [6, 6.07) is 2.22. The molecular formula is C18H25N5O. The number of hydrogen-bond acceptors (Lipinski definition) is 4. The molecule has 1 saturated heterocycles. The quantitative estimate of drug-likeness (QED) is 0.833. The molecule has 0 N–H and O–H groups in total. The first-order valence-electron chi connectivity index (χ1n) is 9.02. The summed E-state index contributed by atoms with van der Waals surface area (Å²) in [5.41, 5.74) is 3.55. The van der Waals surface area contributed by atoms with E-state index >= 15 is 0 Å². The lowest BCUT2D eigenvalue weighted by Gasteiger charge is -2.24. The van der Waals surface area contributed by atoms with Crippen molar-refractivity contribution < 1.29 is 0 Å². The van der Waals surface area contributed by atoms with Crippen molar-refractivity contribution in [1.29, 1.82) is 0 Å². The zero-order valence-corrected chi connectivity index (χ0v) is 14.3. The van der Waals surface area contributed by atoms with Crippen molar-refractivity contribution >= 4 is 0 Å². The van der Waals surface area contributed by atoms with Crippen molar-refractivity contribution in [3.63, 3.8) is 0 Å². The number of nitrogens with zero attached hydrogens (tertiary/aromatic N) is 5. The van der Waals surface area contributed by atoms with E-state index in [2.05, 4.69) is 28.2 Å². The van der Waals surface area contributed by atoms with Crippen LogP contribution in [0.4, 0.5) is 0 Å². The van der Waals surface area contributed by atoms with Gasteiger partial charge in [0.05, 0.1) is 25.0 Å². The van der Waals surface area contributed by atoms with Crippen molar-refractivity contribution in [3.8, 4) is 0 Å². The monoisotopic (exact) mass is 327 g/mol. The predicted octanol–water partition coefficient (Wildman–Crippen LogP) is 1.40. The standard InChI is InChI=1S/C18H25N5O/c1-14-11-19-22(12-14)9-8-21-7-3-5-16(21)13-23-18(24)10-15-4-2-6-17(15)20-23/h10-12,16H,2-9,13H2,1H3. The van der Waals surface area contributed by atoms with E-state index in [1.54, 1.807) is 10.7 Å². The summed E-state index contributed by atoms with van der Waals surface area (Å²) in [4.78, 5) is 14.8. The summed E-state index contributed by atoms with van der Waals surface area (Å²) in [6.45, 7) is 5.76. The highest BCUT2D eigenvalue weighted by atomic mass is 16.1. The van der Waals surface area contributed by atoms with Gasteiger partial charge in [-0.25, -0.2) is 4.68 Å². The highest BCUT2D eigenvalue weighted by Crippen LogP contribution is 2.20. The molecule has 3 heterocycles. The second-order valence-electron chi connectivity index (χ2n) is 7.10. The lowest BCUT2D eigenvalue weighted by atomic mass is 10.2. The molecule has 1 unspecified atom stereocenters. The van der Waals surface area contributed by atoms with Crippen molar-refractivity contribution in [3.05, 3.63) is 45.6 Å². The Bertz CT molecular complexity index is 778. The van der Waals surface area contributed by atoms with E-state index in [1.807, 2.05) is 10.9 Å². The third-order valence-corrected chi connectivity index (χ3v) is 5.29. The van der Waals surface area contributed by atoms with Gasteiger partial charge in [-0.15, -0.1) is 0 Å². The van der Waals surface area contributed by atoms with E-state index in [4.69, 9.17) is 0 Å². The largest absolute Gasteiger partial charge is 0.297 e. The number of aromatic nitrogens is 4. The Balaban J connectivity index is 1.43. The molecule has 1 aliphatic carbocycles. The van der Waals surface area contributed by atoms with Gasteiger partial charge in [0.15, 0.2) is 0 Å². The molecule has 128 valence electrons. The van der Waals surface area contributed by atoms with E-state index in [-0.39, 0.29) is 5.56 Å². The van der Waals surface area contributed by atoms with Gasteiger partial charge in [-0.1, -0.05) is 0 Å². The van der Waals surface area contributed by atoms with Crippen LogP contribution in [0.15, 0.2) is 23.3 Å². The smallest absolute Gasteiger partial charge is 0.267 e. The Morgan fingerprint density at radius 2 is 2.17 bits per heavy atom. The van der Waals surface area contributed by atoms with E-state index in [0.29, 0.717) is 12.6 Å². The van der Waals surface area contributed by atoms with E-state index in [0.717, 1.165) is 56.6 Å². The second-order valence-corrected chi connectivity index (χ2v) is 7.10. The van der Waals surface area contributed by atoms with Crippen LogP contribution in [0.3, 0.4) is 0 Å². The highest BCUT2D eigenvalue weighted by Gasteiger charge is 2.26. The maximum atomic E-state index is 12.3. The zero-order chi connectivity index (χ0) is 16.5. The molecule has 1 atom stereocenters. The molecule has 0 bridgehead atoms. The van der Waals surface area contributed by atoms with Gasteiger partial charge < -0.3 is 0 Å². The summed E-state index contributed by atoms with van der Waals surface area (Å²) in [7, 11) is 0. The maximum Gasteiger partial charge on any atom is 0.267 e. The number of fused-ring (bicyclic) bond motifs is 1. The van der Waals surface area contributed by atoms with Gasteiger partial charge in [-0.2, -0.15) is 10.2 Å². The molecule has 24 heavy (non-hydrogen) atoms. The number of likely N-dealkylation sites (tertiary alicyclic amines) is 1. The van der Waals surface area contributed by atoms with Crippen LogP contribution in [0.1, 0.15) is 36.1 Å². The molecule has 1 aliphatic heterocycles. The van der Waals surface area contributed by atoms with E-state index < -0.39 is 0 Å². The summed E-state index contributed by atoms with van der Waals surface area (Å²) < 4.78 is 3.70. The molecule has 0 amide bonds. The van der Waals surface area contributed by atoms with Crippen molar-refractivity contribution in [1.82, 2.24) is 24.5 Å². The molecule has 0 spiro atoms. The average Bonchev–Trinajstić information content (AvgIpc) is 3.27. The lowest BCUT2D eigenvalue weighted by molar-refractivity contribution is 0.213. The van der Waals surface area contributed by atoms with Gasteiger partial charge in [-0.3, -0.25) is 14.4 Å². The van der Waals surface area contributed by atoms with Crippen molar-refractivity contribution in [2.24, 2.45) is 0 Å². The topological polar surface area (TPSA) is 56.0 Å². The highest BCUT2D eigenvalue weighted by molar-refractivity contribution is 5.22. The molecule has 0 saturated carbocycles. The molecule has 6 nitrogen and oxygen atoms in total. The molecule has 1 fully saturated rings.